The van der Waals surface area contributed by atoms with Gasteiger partial charge in [0.2, 0.25) is 0 Å². The number of para-hydroxylation sites is 1. The van der Waals surface area contributed by atoms with Gasteiger partial charge < -0.3 is 5.32 Å². The molecule has 0 saturated carbocycles. The molecule has 0 bridgehead atoms. The van der Waals surface area contributed by atoms with Crippen LogP contribution in [-0.4, -0.2) is 6.18 Å². The highest BCUT2D eigenvalue weighted by Gasteiger charge is 2.38. The third-order valence-electron chi connectivity index (χ3n) is 1.52. The second-order valence-corrected chi connectivity index (χ2v) is 2.62. The summed E-state index contributed by atoms with van der Waals surface area (Å²) < 4.78 is 60.1. The Balaban J connectivity index is 2.93. The normalized spacial score (nSPS) is 11.0. The molecule has 0 spiro atoms. The van der Waals surface area contributed by atoms with E-state index in [9.17, 15) is 22.0 Å². The van der Waals surface area contributed by atoms with E-state index in [2.05, 4.69) is 0 Å². The summed E-state index contributed by atoms with van der Waals surface area (Å²) >= 11 is 0. The molecule has 15 heavy (non-hydrogen) atoms. The molecule has 82 valence electrons. The summed E-state index contributed by atoms with van der Waals surface area (Å²) in [5, 5.41) is 1.62. The summed E-state index contributed by atoms with van der Waals surface area (Å²) in [7, 11) is 0. The predicted octanol–water partition coefficient (Wildman–Crippen LogP) is 3.77. The lowest BCUT2D eigenvalue weighted by molar-refractivity contribution is -0.0936. The largest absolute Gasteiger partial charge is 0.436 e. The van der Waals surface area contributed by atoms with Crippen molar-refractivity contribution in [2.45, 2.75) is 6.18 Å². The highest BCUT2D eigenvalue weighted by Crippen LogP contribution is 2.30. The zero-order valence-electron chi connectivity index (χ0n) is 7.28. The van der Waals surface area contributed by atoms with E-state index < -0.39 is 18.0 Å². The van der Waals surface area contributed by atoms with Gasteiger partial charge in [0.1, 0.15) is 0 Å². The number of anilines is 1. The van der Waals surface area contributed by atoms with Gasteiger partial charge in [-0.3, -0.25) is 0 Å². The third-order valence-corrected chi connectivity index (χ3v) is 1.52. The summed E-state index contributed by atoms with van der Waals surface area (Å²) in [5.74, 6) is 0. The van der Waals surface area contributed by atoms with E-state index in [1.165, 1.54) is 24.3 Å². The SMILES string of the molecule is FC(F)=C(Nc1ccccc1)C(F)(F)F. The Bertz CT molecular complexity index is 351. The maximum atomic E-state index is 12.1. The van der Waals surface area contributed by atoms with E-state index in [1.807, 2.05) is 0 Å². The van der Waals surface area contributed by atoms with Crippen LogP contribution in [0.3, 0.4) is 0 Å². The number of hydrogen-bond donors (Lipinski definition) is 1. The first kappa shape index (κ1) is 11.5. The molecule has 1 aromatic rings. The summed E-state index contributed by atoms with van der Waals surface area (Å²) in [6, 6.07) is 6.95. The molecule has 1 N–H and O–H groups in total. The highest BCUT2D eigenvalue weighted by atomic mass is 19.4. The first-order valence-electron chi connectivity index (χ1n) is 3.86. The van der Waals surface area contributed by atoms with Crippen LogP contribution < -0.4 is 5.32 Å². The molecule has 0 aliphatic rings. The van der Waals surface area contributed by atoms with Gasteiger partial charge in [0.25, 0.3) is 6.08 Å². The van der Waals surface area contributed by atoms with Crippen LogP contribution >= 0.6 is 0 Å². The van der Waals surface area contributed by atoms with Crippen molar-refractivity contribution in [2.75, 3.05) is 5.32 Å². The standard InChI is InChI=1S/C9H6F5N/c10-8(11)7(9(12,13)14)15-6-4-2-1-3-5-6/h1-5,15H. The second kappa shape index (κ2) is 4.29. The smallest absolute Gasteiger partial charge is 0.347 e. The minimum absolute atomic E-state index is 0.0439. The molecular weight excluding hydrogens is 217 g/mol. The molecule has 0 radical (unpaired) electrons. The fourth-order valence-electron chi connectivity index (χ4n) is 0.891. The molecule has 1 aromatic carbocycles. The Hall–Kier alpha value is -1.59. The van der Waals surface area contributed by atoms with Gasteiger partial charge in [0.15, 0.2) is 5.70 Å². The van der Waals surface area contributed by atoms with Crippen molar-refractivity contribution in [3.63, 3.8) is 0 Å². The second-order valence-electron chi connectivity index (χ2n) is 2.62. The van der Waals surface area contributed by atoms with Gasteiger partial charge in [-0.05, 0) is 12.1 Å². The molecule has 0 amide bonds. The van der Waals surface area contributed by atoms with Gasteiger partial charge in [-0.15, -0.1) is 0 Å². The van der Waals surface area contributed by atoms with E-state index in [-0.39, 0.29) is 5.69 Å². The molecule has 1 rings (SSSR count). The molecule has 1 nitrogen and oxygen atoms in total. The summed E-state index contributed by atoms with van der Waals surface area (Å²) in [4.78, 5) is 0. The predicted molar refractivity (Wildman–Crippen MR) is 45.4 cm³/mol. The van der Waals surface area contributed by atoms with Crippen LogP contribution in [0.25, 0.3) is 0 Å². The number of alkyl halides is 3. The van der Waals surface area contributed by atoms with E-state index in [0.717, 1.165) is 0 Å². The van der Waals surface area contributed by atoms with Gasteiger partial charge >= 0.3 is 6.18 Å². The van der Waals surface area contributed by atoms with Crippen molar-refractivity contribution in [1.29, 1.82) is 0 Å². The van der Waals surface area contributed by atoms with Crippen molar-refractivity contribution >= 4 is 5.69 Å². The molecule has 0 aliphatic heterocycles. The Morgan fingerprint density at radius 1 is 1.00 bits per heavy atom. The van der Waals surface area contributed by atoms with Gasteiger partial charge in [-0.2, -0.15) is 22.0 Å². The average Bonchev–Trinajstić information content (AvgIpc) is 2.13. The number of nitrogens with one attached hydrogen (secondary N) is 1. The molecule has 0 saturated heterocycles. The first-order chi connectivity index (χ1) is 6.91. The summed E-state index contributed by atoms with van der Waals surface area (Å²) in [6.45, 7) is 0. The maximum Gasteiger partial charge on any atom is 0.436 e. The molecule has 0 heterocycles. The highest BCUT2D eigenvalue weighted by molar-refractivity contribution is 5.48. The summed E-state index contributed by atoms with van der Waals surface area (Å²) in [6.07, 6.45) is -7.87. The van der Waals surface area contributed by atoms with Crippen molar-refractivity contribution in [3.8, 4) is 0 Å². The van der Waals surface area contributed by atoms with Crippen LogP contribution in [0, 0.1) is 0 Å². The monoisotopic (exact) mass is 223 g/mol. The topological polar surface area (TPSA) is 12.0 Å². The lowest BCUT2D eigenvalue weighted by atomic mass is 10.3. The Labute approximate surface area is 82.2 Å². The zero-order chi connectivity index (χ0) is 11.5. The minimum atomic E-state index is -5.09. The van der Waals surface area contributed by atoms with Gasteiger partial charge in [-0.25, -0.2) is 0 Å². The van der Waals surface area contributed by atoms with Gasteiger partial charge in [0, 0.05) is 5.69 Å². The van der Waals surface area contributed by atoms with Crippen LogP contribution in [0.15, 0.2) is 42.1 Å². The molecular formula is C9H6F5N. The van der Waals surface area contributed by atoms with E-state index in [1.54, 1.807) is 11.4 Å². The number of halogens is 5. The molecule has 0 unspecified atom stereocenters. The average molecular weight is 223 g/mol. The van der Waals surface area contributed by atoms with Gasteiger partial charge in [-0.1, -0.05) is 18.2 Å². The fourth-order valence-corrected chi connectivity index (χ4v) is 0.891. The molecule has 0 atom stereocenters. The molecule has 0 aromatic heterocycles. The Morgan fingerprint density at radius 2 is 1.53 bits per heavy atom. The third kappa shape index (κ3) is 3.23. The van der Waals surface area contributed by atoms with Crippen LogP contribution in [0.5, 0.6) is 0 Å². The Morgan fingerprint density at radius 3 is 1.93 bits per heavy atom. The molecule has 0 aliphatic carbocycles. The number of benzene rings is 1. The van der Waals surface area contributed by atoms with Crippen LogP contribution in [0.1, 0.15) is 0 Å². The van der Waals surface area contributed by atoms with Crippen molar-refractivity contribution in [1.82, 2.24) is 0 Å². The van der Waals surface area contributed by atoms with E-state index in [0.29, 0.717) is 0 Å². The lowest BCUT2D eigenvalue weighted by Gasteiger charge is -2.12. The van der Waals surface area contributed by atoms with Crippen LogP contribution in [-0.2, 0) is 0 Å². The zero-order valence-corrected chi connectivity index (χ0v) is 7.28. The van der Waals surface area contributed by atoms with Crippen molar-refractivity contribution in [3.05, 3.63) is 42.1 Å². The lowest BCUT2D eigenvalue weighted by Crippen LogP contribution is -2.19. The van der Waals surface area contributed by atoms with Gasteiger partial charge in [0.05, 0.1) is 0 Å². The molecule has 6 heteroatoms. The van der Waals surface area contributed by atoms with Crippen LogP contribution in [0.2, 0.25) is 0 Å². The fraction of sp³-hybridized carbons (Fsp3) is 0.111. The quantitative estimate of drug-likeness (QED) is 0.752. The number of rotatable bonds is 2. The summed E-state index contributed by atoms with van der Waals surface area (Å²) in [5.41, 5.74) is -2.08. The Kier molecular flexibility index (Phi) is 3.28. The number of allylic oxidation sites excluding steroid dienone is 1. The molecule has 0 fully saturated rings. The first-order valence-corrected chi connectivity index (χ1v) is 3.86. The number of hydrogen-bond acceptors (Lipinski definition) is 1. The van der Waals surface area contributed by atoms with Crippen molar-refractivity contribution < 1.29 is 22.0 Å². The van der Waals surface area contributed by atoms with Crippen LogP contribution in [0.4, 0.5) is 27.6 Å². The van der Waals surface area contributed by atoms with Crippen molar-refractivity contribution in [2.24, 2.45) is 0 Å². The van der Waals surface area contributed by atoms with E-state index in [4.69, 9.17) is 0 Å². The maximum absolute atomic E-state index is 12.1. The minimum Gasteiger partial charge on any atom is -0.347 e. The van der Waals surface area contributed by atoms with E-state index >= 15 is 0 Å².